The summed E-state index contributed by atoms with van der Waals surface area (Å²) in [5, 5.41) is 0. The SMILES string of the molecule is CCOC(=O)C1CCC(OC(N2CCCC2)N2CC(CF)C2)CC1. The van der Waals surface area contributed by atoms with E-state index in [0.717, 1.165) is 51.9 Å². The smallest absolute Gasteiger partial charge is 0.308 e. The van der Waals surface area contributed by atoms with Crippen molar-refractivity contribution in [2.45, 2.75) is 57.9 Å². The van der Waals surface area contributed by atoms with E-state index in [1.807, 2.05) is 6.92 Å². The Morgan fingerprint density at radius 1 is 1.12 bits per heavy atom. The van der Waals surface area contributed by atoms with E-state index in [-0.39, 0.29) is 36.9 Å². The van der Waals surface area contributed by atoms with E-state index < -0.39 is 0 Å². The van der Waals surface area contributed by atoms with Crippen LogP contribution in [0.5, 0.6) is 0 Å². The molecular formula is C18H31FN2O3. The molecule has 1 unspecified atom stereocenters. The summed E-state index contributed by atoms with van der Waals surface area (Å²) in [4.78, 5) is 16.5. The van der Waals surface area contributed by atoms with Crippen LogP contribution < -0.4 is 0 Å². The Kier molecular flexibility index (Phi) is 6.47. The van der Waals surface area contributed by atoms with Crippen LogP contribution in [0.2, 0.25) is 0 Å². The summed E-state index contributed by atoms with van der Waals surface area (Å²) in [5.74, 6) is 0.161. The highest BCUT2D eigenvalue weighted by Gasteiger charge is 2.39. The predicted octanol–water partition coefficient (Wildman–Crippen LogP) is 2.41. The molecule has 0 radical (unpaired) electrons. The summed E-state index contributed by atoms with van der Waals surface area (Å²) in [6.07, 6.45) is 6.16. The van der Waals surface area contributed by atoms with Crippen LogP contribution in [0, 0.1) is 11.8 Å². The van der Waals surface area contributed by atoms with Crippen molar-refractivity contribution >= 4 is 5.97 Å². The maximum Gasteiger partial charge on any atom is 0.308 e. The number of nitrogens with zero attached hydrogens (tertiary/aromatic N) is 2. The van der Waals surface area contributed by atoms with Crippen LogP contribution in [0.1, 0.15) is 45.4 Å². The average molecular weight is 342 g/mol. The van der Waals surface area contributed by atoms with E-state index in [4.69, 9.17) is 9.47 Å². The zero-order chi connectivity index (χ0) is 16.9. The van der Waals surface area contributed by atoms with Gasteiger partial charge >= 0.3 is 5.97 Å². The Balaban J connectivity index is 1.49. The lowest BCUT2D eigenvalue weighted by Crippen LogP contribution is -2.60. The third kappa shape index (κ3) is 4.27. The van der Waals surface area contributed by atoms with Crippen LogP contribution >= 0.6 is 0 Å². The topological polar surface area (TPSA) is 42.0 Å². The maximum atomic E-state index is 12.8. The van der Waals surface area contributed by atoms with Crippen molar-refractivity contribution in [2.24, 2.45) is 11.8 Å². The number of ether oxygens (including phenoxy) is 2. The monoisotopic (exact) mass is 342 g/mol. The van der Waals surface area contributed by atoms with Crippen molar-refractivity contribution < 1.29 is 18.7 Å². The maximum absolute atomic E-state index is 12.8. The molecule has 0 amide bonds. The first kappa shape index (κ1) is 18.1. The second-order valence-corrected chi connectivity index (χ2v) is 7.41. The van der Waals surface area contributed by atoms with Gasteiger partial charge < -0.3 is 9.47 Å². The molecule has 0 spiro atoms. The Morgan fingerprint density at radius 3 is 2.38 bits per heavy atom. The first-order valence-corrected chi connectivity index (χ1v) is 9.57. The lowest BCUT2D eigenvalue weighted by atomic mass is 9.87. The summed E-state index contributed by atoms with van der Waals surface area (Å²) in [5.41, 5.74) is 0. The Labute approximate surface area is 144 Å². The minimum atomic E-state index is -0.228. The summed E-state index contributed by atoms with van der Waals surface area (Å²) in [7, 11) is 0. The number of esters is 1. The molecule has 2 heterocycles. The third-order valence-electron chi connectivity index (χ3n) is 5.58. The van der Waals surface area contributed by atoms with Gasteiger partial charge in [0.1, 0.15) is 0 Å². The third-order valence-corrected chi connectivity index (χ3v) is 5.58. The first-order valence-electron chi connectivity index (χ1n) is 9.57. The molecule has 1 aliphatic carbocycles. The van der Waals surface area contributed by atoms with E-state index in [9.17, 15) is 9.18 Å². The zero-order valence-corrected chi connectivity index (χ0v) is 14.8. The minimum absolute atomic E-state index is 0.000515. The molecule has 0 aromatic heterocycles. The highest BCUT2D eigenvalue weighted by Crippen LogP contribution is 2.31. The fourth-order valence-electron chi connectivity index (χ4n) is 4.12. The van der Waals surface area contributed by atoms with Crippen molar-refractivity contribution in [1.29, 1.82) is 0 Å². The van der Waals surface area contributed by atoms with E-state index in [1.54, 1.807) is 0 Å². The van der Waals surface area contributed by atoms with Gasteiger partial charge in [-0.2, -0.15) is 0 Å². The summed E-state index contributed by atoms with van der Waals surface area (Å²) in [6, 6.07) is 0. The van der Waals surface area contributed by atoms with Crippen LogP contribution in [-0.4, -0.2) is 67.7 Å². The van der Waals surface area contributed by atoms with Crippen molar-refractivity contribution in [3.8, 4) is 0 Å². The number of alkyl halides is 1. The van der Waals surface area contributed by atoms with Gasteiger partial charge in [0, 0.05) is 32.1 Å². The normalized spacial score (nSPS) is 30.9. The molecule has 0 aromatic rings. The van der Waals surface area contributed by atoms with Crippen molar-refractivity contribution in [2.75, 3.05) is 39.5 Å². The highest BCUT2D eigenvalue weighted by molar-refractivity contribution is 5.72. The molecule has 3 fully saturated rings. The number of carbonyl (C=O) groups is 1. The summed E-state index contributed by atoms with van der Waals surface area (Å²) >= 11 is 0. The first-order chi connectivity index (χ1) is 11.7. The number of hydrogen-bond acceptors (Lipinski definition) is 5. The molecule has 3 aliphatic rings. The molecule has 138 valence electrons. The fraction of sp³-hybridized carbons (Fsp3) is 0.944. The Hall–Kier alpha value is -0.720. The number of likely N-dealkylation sites (tertiary alicyclic amines) is 2. The lowest BCUT2D eigenvalue weighted by Gasteiger charge is -2.47. The number of rotatable bonds is 7. The fourth-order valence-corrected chi connectivity index (χ4v) is 4.12. The quantitative estimate of drug-likeness (QED) is 0.665. The average Bonchev–Trinajstić information content (AvgIpc) is 3.08. The van der Waals surface area contributed by atoms with Gasteiger partial charge in [-0.1, -0.05) is 0 Å². The van der Waals surface area contributed by atoms with Gasteiger partial charge in [0.25, 0.3) is 0 Å². The standard InChI is InChI=1S/C18H31FN2O3/c1-2-23-17(22)15-5-7-16(8-6-15)24-18(20-9-3-4-10-20)21-12-14(11-19)13-21/h14-16,18H,2-13H2,1H3. The van der Waals surface area contributed by atoms with Crippen LogP contribution in [0.3, 0.4) is 0 Å². The molecule has 3 rings (SSSR count). The Morgan fingerprint density at radius 2 is 1.79 bits per heavy atom. The molecule has 5 nitrogen and oxygen atoms in total. The van der Waals surface area contributed by atoms with Crippen LogP contribution in [-0.2, 0) is 14.3 Å². The van der Waals surface area contributed by atoms with E-state index in [1.165, 1.54) is 12.8 Å². The highest BCUT2D eigenvalue weighted by atomic mass is 19.1. The molecule has 2 saturated heterocycles. The molecule has 24 heavy (non-hydrogen) atoms. The van der Waals surface area contributed by atoms with Crippen molar-refractivity contribution in [1.82, 2.24) is 9.80 Å². The lowest BCUT2D eigenvalue weighted by molar-refractivity contribution is -0.211. The summed E-state index contributed by atoms with van der Waals surface area (Å²) in [6.45, 7) is 5.82. The molecule has 0 bridgehead atoms. The van der Waals surface area contributed by atoms with E-state index >= 15 is 0 Å². The van der Waals surface area contributed by atoms with Crippen LogP contribution in [0.25, 0.3) is 0 Å². The molecule has 0 N–H and O–H groups in total. The van der Waals surface area contributed by atoms with Crippen LogP contribution in [0.15, 0.2) is 0 Å². The van der Waals surface area contributed by atoms with Gasteiger partial charge in [-0.15, -0.1) is 0 Å². The number of halogens is 1. The van der Waals surface area contributed by atoms with Crippen molar-refractivity contribution in [3.63, 3.8) is 0 Å². The second-order valence-electron chi connectivity index (χ2n) is 7.41. The molecular weight excluding hydrogens is 311 g/mol. The molecule has 1 saturated carbocycles. The van der Waals surface area contributed by atoms with E-state index in [2.05, 4.69) is 9.80 Å². The minimum Gasteiger partial charge on any atom is -0.466 e. The van der Waals surface area contributed by atoms with Gasteiger partial charge in [0.05, 0.1) is 25.3 Å². The zero-order valence-electron chi connectivity index (χ0n) is 14.8. The van der Waals surface area contributed by atoms with Gasteiger partial charge in [-0.05, 0) is 45.4 Å². The number of hydrogen-bond donors (Lipinski definition) is 0. The second kappa shape index (κ2) is 8.59. The van der Waals surface area contributed by atoms with Gasteiger partial charge in [-0.3, -0.25) is 19.0 Å². The molecule has 1 atom stereocenters. The summed E-state index contributed by atoms with van der Waals surface area (Å²) < 4.78 is 24.3. The van der Waals surface area contributed by atoms with Gasteiger partial charge in [0.2, 0.25) is 0 Å². The largest absolute Gasteiger partial charge is 0.466 e. The predicted molar refractivity (Wildman–Crippen MR) is 89.1 cm³/mol. The van der Waals surface area contributed by atoms with Gasteiger partial charge in [-0.25, -0.2) is 0 Å². The van der Waals surface area contributed by atoms with Crippen LogP contribution in [0.4, 0.5) is 4.39 Å². The molecule has 0 aromatic carbocycles. The van der Waals surface area contributed by atoms with E-state index in [0.29, 0.717) is 6.61 Å². The van der Waals surface area contributed by atoms with Crippen molar-refractivity contribution in [3.05, 3.63) is 0 Å². The Bertz CT molecular complexity index is 403. The molecule has 2 aliphatic heterocycles. The van der Waals surface area contributed by atoms with Gasteiger partial charge in [0.15, 0.2) is 6.35 Å². The molecule has 6 heteroatoms. The number of carbonyl (C=O) groups excluding carboxylic acids is 1.